The molecule has 4 rings (SSSR count). The highest BCUT2D eigenvalue weighted by Gasteiger charge is 2.35. The van der Waals surface area contributed by atoms with Crippen molar-refractivity contribution in [1.82, 2.24) is 0 Å². The van der Waals surface area contributed by atoms with Crippen LogP contribution in [0.1, 0.15) is 51.4 Å². The Morgan fingerprint density at radius 3 is 1.53 bits per heavy atom. The van der Waals surface area contributed by atoms with Crippen LogP contribution in [0.4, 0.5) is 0 Å². The molecule has 1 saturated carbocycles. The minimum absolute atomic E-state index is 0.150. The molecule has 1 heteroatoms. The van der Waals surface area contributed by atoms with E-state index in [4.69, 9.17) is 0 Å². The predicted molar refractivity (Wildman–Crippen MR) is 68.9 cm³/mol. The summed E-state index contributed by atoms with van der Waals surface area (Å²) < 4.78 is 0. The van der Waals surface area contributed by atoms with Crippen molar-refractivity contribution in [2.45, 2.75) is 76.6 Å². The molecule has 3 saturated heterocycles. The number of hydrogen-bond acceptors (Lipinski definition) is 0. The normalized spacial score (nSPS) is 40.0. The maximum absolute atomic E-state index is 1.68. The van der Waals surface area contributed by atoms with Gasteiger partial charge in [-0.2, -0.15) is 25.3 Å². The smallest absolute Gasteiger partial charge is 0.00139 e. The van der Waals surface area contributed by atoms with Crippen molar-refractivity contribution in [3.63, 3.8) is 0 Å². The van der Waals surface area contributed by atoms with Gasteiger partial charge in [0, 0.05) is 6.15 Å². The highest BCUT2D eigenvalue weighted by atomic mass is 14.3. The summed E-state index contributed by atoms with van der Waals surface area (Å²) in [5.41, 5.74) is 0. The Labute approximate surface area is 95.1 Å². The minimum atomic E-state index is 0.150. The van der Waals surface area contributed by atoms with Crippen molar-refractivity contribution in [3.05, 3.63) is 0 Å². The van der Waals surface area contributed by atoms with E-state index in [2.05, 4.69) is 0 Å². The first-order valence-electron chi connectivity index (χ1n) is 7.58. The maximum atomic E-state index is 1.68. The predicted octanol–water partition coefficient (Wildman–Crippen LogP) is 4.83. The van der Waals surface area contributed by atoms with Crippen LogP contribution in [0.15, 0.2) is 0 Å². The SMILES string of the molecule is C1CC2CCCC(C1)C[B-]1(CCCC1)C2. The Kier molecular flexibility index (Phi) is 2.83. The van der Waals surface area contributed by atoms with Crippen molar-refractivity contribution >= 4 is 6.15 Å². The molecule has 4 fully saturated rings. The third kappa shape index (κ3) is 2.12. The van der Waals surface area contributed by atoms with E-state index >= 15 is 0 Å². The zero-order valence-corrected chi connectivity index (χ0v) is 10.2. The molecule has 2 bridgehead atoms. The van der Waals surface area contributed by atoms with Crippen molar-refractivity contribution in [2.24, 2.45) is 11.8 Å². The van der Waals surface area contributed by atoms with Gasteiger partial charge >= 0.3 is 0 Å². The second kappa shape index (κ2) is 4.15. The largest absolute Gasteiger partial charge is 0.178 e. The highest BCUT2D eigenvalue weighted by Crippen LogP contribution is 2.47. The van der Waals surface area contributed by atoms with Crippen LogP contribution in [0, 0.1) is 11.8 Å². The van der Waals surface area contributed by atoms with E-state index in [1.807, 2.05) is 0 Å². The molecule has 0 N–H and O–H groups in total. The van der Waals surface area contributed by atoms with Gasteiger partial charge in [-0.05, 0) is 0 Å². The molecule has 1 aliphatic carbocycles. The second-order valence-electron chi connectivity index (χ2n) is 7.08. The van der Waals surface area contributed by atoms with E-state index < -0.39 is 0 Å². The summed E-state index contributed by atoms with van der Waals surface area (Å²) >= 11 is 0. The van der Waals surface area contributed by atoms with Gasteiger partial charge < -0.3 is 0 Å². The lowest BCUT2D eigenvalue weighted by molar-refractivity contribution is 0.326. The Morgan fingerprint density at radius 1 is 0.600 bits per heavy atom. The Hall–Kier alpha value is 0.0649. The van der Waals surface area contributed by atoms with Crippen molar-refractivity contribution in [1.29, 1.82) is 0 Å². The standard InChI is InChI=1S/C14H26B/c1-2-10-15(9-1)11-13-5-3-6-14(12-15)8-4-7-13/h13-14H,1-12H2/q-1. The summed E-state index contributed by atoms with van der Waals surface area (Å²) in [6.07, 6.45) is 19.4. The third-order valence-corrected chi connectivity index (χ3v) is 6.00. The number of fused-ring (bicyclic) bond motifs is 4. The molecule has 3 heterocycles. The lowest BCUT2D eigenvalue weighted by Gasteiger charge is -2.46. The summed E-state index contributed by atoms with van der Waals surface area (Å²) in [4.78, 5) is 0. The lowest BCUT2D eigenvalue weighted by atomic mass is 9.17. The molecule has 4 aliphatic rings. The average Bonchev–Trinajstić information content (AvgIpc) is 2.57. The maximum Gasteiger partial charge on any atom is 0.00139 e. The second-order valence-corrected chi connectivity index (χ2v) is 7.08. The molecular weight excluding hydrogens is 179 g/mol. The summed E-state index contributed by atoms with van der Waals surface area (Å²) in [6.45, 7) is 0. The van der Waals surface area contributed by atoms with Gasteiger partial charge in [-0.25, -0.2) is 0 Å². The van der Waals surface area contributed by atoms with Gasteiger partial charge in [-0.3, -0.25) is 0 Å². The quantitative estimate of drug-likeness (QED) is 0.497. The van der Waals surface area contributed by atoms with Gasteiger partial charge in [0.05, 0.1) is 0 Å². The summed E-state index contributed by atoms with van der Waals surface area (Å²) in [5.74, 6) is 2.29. The fourth-order valence-electron chi connectivity index (χ4n) is 5.43. The molecule has 0 aromatic carbocycles. The topological polar surface area (TPSA) is 0 Å². The van der Waals surface area contributed by atoms with Crippen LogP contribution in [0.25, 0.3) is 0 Å². The number of rotatable bonds is 0. The first-order valence-corrected chi connectivity index (χ1v) is 7.58. The van der Waals surface area contributed by atoms with Crippen LogP contribution in [-0.4, -0.2) is 6.15 Å². The van der Waals surface area contributed by atoms with E-state index in [9.17, 15) is 0 Å². The monoisotopic (exact) mass is 205 g/mol. The van der Waals surface area contributed by atoms with Crippen LogP contribution in [0.2, 0.25) is 25.3 Å². The molecule has 0 unspecified atom stereocenters. The van der Waals surface area contributed by atoms with Gasteiger partial charge in [-0.1, -0.05) is 63.2 Å². The Morgan fingerprint density at radius 2 is 1.07 bits per heavy atom. The fraction of sp³-hybridized carbons (Fsp3) is 1.00. The van der Waals surface area contributed by atoms with Crippen LogP contribution < -0.4 is 0 Å². The van der Waals surface area contributed by atoms with Crippen LogP contribution >= 0.6 is 0 Å². The van der Waals surface area contributed by atoms with Crippen LogP contribution in [0.5, 0.6) is 0 Å². The number of hydrogen-bond donors (Lipinski definition) is 0. The van der Waals surface area contributed by atoms with Crippen molar-refractivity contribution in [2.75, 3.05) is 0 Å². The van der Waals surface area contributed by atoms with E-state index in [1.165, 1.54) is 0 Å². The first kappa shape index (κ1) is 10.2. The van der Waals surface area contributed by atoms with Crippen LogP contribution in [0.3, 0.4) is 0 Å². The molecule has 0 aromatic heterocycles. The zero-order chi connectivity index (χ0) is 10.1. The van der Waals surface area contributed by atoms with Crippen molar-refractivity contribution in [3.8, 4) is 0 Å². The summed E-state index contributed by atoms with van der Waals surface area (Å²) in [6, 6.07) is 0. The molecule has 0 aromatic rings. The van der Waals surface area contributed by atoms with Gasteiger partial charge in [-0.15, -0.1) is 0 Å². The van der Waals surface area contributed by atoms with E-state index in [0.717, 1.165) is 11.8 Å². The molecule has 0 nitrogen and oxygen atoms in total. The van der Waals surface area contributed by atoms with Gasteiger partial charge in [0.25, 0.3) is 0 Å². The van der Waals surface area contributed by atoms with E-state index in [-0.39, 0.29) is 6.15 Å². The molecule has 86 valence electrons. The van der Waals surface area contributed by atoms with Crippen molar-refractivity contribution < 1.29 is 0 Å². The Bertz CT molecular complexity index is 191. The molecule has 1 spiro atoms. The van der Waals surface area contributed by atoms with Gasteiger partial charge in [0.15, 0.2) is 0 Å². The van der Waals surface area contributed by atoms with E-state index in [1.54, 1.807) is 76.6 Å². The molecule has 3 aliphatic heterocycles. The first-order chi connectivity index (χ1) is 7.36. The summed E-state index contributed by atoms with van der Waals surface area (Å²) in [5, 5.41) is 0. The molecule has 15 heavy (non-hydrogen) atoms. The molecule has 0 amide bonds. The zero-order valence-electron chi connectivity index (χ0n) is 10.2. The lowest BCUT2D eigenvalue weighted by Crippen LogP contribution is -2.38. The van der Waals surface area contributed by atoms with Gasteiger partial charge in [0.2, 0.25) is 0 Å². The third-order valence-electron chi connectivity index (χ3n) is 6.00. The van der Waals surface area contributed by atoms with E-state index in [0.29, 0.717) is 0 Å². The minimum Gasteiger partial charge on any atom is -0.178 e. The molecule has 0 atom stereocenters. The Balaban J connectivity index is 1.80. The fourth-order valence-corrected chi connectivity index (χ4v) is 5.43. The van der Waals surface area contributed by atoms with Crippen LogP contribution in [-0.2, 0) is 0 Å². The van der Waals surface area contributed by atoms with Gasteiger partial charge in [0.1, 0.15) is 0 Å². The molecule has 0 radical (unpaired) electrons. The highest BCUT2D eigenvalue weighted by molar-refractivity contribution is 6.80. The average molecular weight is 205 g/mol. The molecular formula is C14H26B-. The summed E-state index contributed by atoms with van der Waals surface area (Å²) in [7, 11) is 0.